The summed E-state index contributed by atoms with van der Waals surface area (Å²) in [7, 11) is 0. The molecular formula is C21H19N3O2S2. The van der Waals surface area contributed by atoms with Crippen molar-refractivity contribution >= 4 is 50.4 Å². The van der Waals surface area contributed by atoms with Crippen LogP contribution in [0.4, 0.5) is 5.13 Å². The van der Waals surface area contributed by atoms with Crippen molar-refractivity contribution in [3.05, 3.63) is 57.2 Å². The molecule has 1 amide bonds. The molecule has 0 aliphatic carbocycles. The van der Waals surface area contributed by atoms with E-state index in [9.17, 15) is 9.59 Å². The fraction of sp³-hybridized carbons (Fsp3) is 0.190. The molecule has 0 atom stereocenters. The number of thiophene rings is 1. The molecule has 0 fully saturated rings. The molecule has 0 unspecified atom stereocenters. The molecule has 3 heterocycles. The second-order valence-corrected chi connectivity index (χ2v) is 8.74. The molecule has 0 spiro atoms. The highest BCUT2D eigenvalue weighted by Gasteiger charge is 2.15. The minimum Gasteiger partial charge on any atom is -0.358 e. The average molecular weight is 410 g/mol. The summed E-state index contributed by atoms with van der Waals surface area (Å²) in [5.74, 6) is -0.194. The van der Waals surface area contributed by atoms with Crippen LogP contribution < -0.4 is 5.32 Å². The first kappa shape index (κ1) is 18.6. The molecule has 0 aliphatic heterocycles. The maximum absolute atomic E-state index is 12.2. The first-order valence-corrected chi connectivity index (χ1v) is 10.6. The summed E-state index contributed by atoms with van der Waals surface area (Å²) in [6.45, 7) is 3.98. The van der Waals surface area contributed by atoms with Gasteiger partial charge in [-0.3, -0.25) is 9.59 Å². The number of aromatic nitrogens is 2. The molecule has 3 aromatic heterocycles. The van der Waals surface area contributed by atoms with E-state index >= 15 is 0 Å². The lowest BCUT2D eigenvalue weighted by atomic mass is 10.1. The number of hydrogen-bond donors (Lipinski definition) is 2. The number of nitrogens with zero attached hydrogens (tertiary/aromatic N) is 1. The molecule has 1 aromatic carbocycles. The van der Waals surface area contributed by atoms with Gasteiger partial charge in [0, 0.05) is 45.3 Å². The first-order chi connectivity index (χ1) is 13.5. The summed E-state index contributed by atoms with van der Waals surface area (Å²) in [5, 5.41) is 6.41. The van der Waals surface area contributed by atoms with Gasteiger partial charge in [-0.05, 0) is 32.0 Å². The quantitative estimate of drug-likeness (QED) is 0.409. The Labute approximate surface area is 170 Å². The number of para-hydroxylation sites is 1. The third kappa shape index (κ3) is 3.76. The first-order valence-electron chi connectivity index (χ1n) is 8.94. The smallest absolute Gasteiger partial charge is 0.226 e. The number of H-pyrrole nitrogens is 1. The van der Waals surface area contributed by atoms with Crippen molar-refractivity contribution in [2.24, 2.45) is 0 Å². The van der Waals surface area contributed by atoms with Gasteiger partial charge in [0.05, 0.1) is 10.6 Å². The molecule has 5 nitrogen and oxygen atoms in total. The number of carbonyl (C=O) groups excluding carboxylic acids is 2. The topological polar surface area (TPSA) is 74.8 Å². The number of ketones is 1. The Bertz CT molecular complexity index is 1170. The van der Waals surface area contributed by atoms with E-state index in [1.165, 1.54) is 22.7 Å². The number of anilines is 1. The van der Waals surface area contributed by atoms with Crippen LogP contribution in [0.1, 0.15) is 33.1 Å². The molecule has 7 heteroatoms. The molecule has 0 saturated heterocycles. The van der Waals surface area contributed by atoms with Crippen molar-refractivity contribution in [3.63, 3.8) is 0 Å². The SMILES string of the molecule is Cc1ccc(C(=O)CCC(=O)Nc2nc(-c3c(C)[nH]c4ccccc34)cs2)s1. The summed E-state index contributed by atoms with van der Waals surface area (Å²) < 4.78 is 0. The summed E-state index contributed by atoms with van der Waals surface area (Å²) in [6, 6.07) is 11.8. The van der Waals surface area contributed by atoms with Crippen LogP contribution in [-0.2, 0) is 4.79 Å². The largest absolute Gasteiger partial charge is 0.358 e. The van der Waals surface area contributed by atoms with Crippen molar-refractivity contribution in [2.45, 2.75) is 26.7 Å². The lowest BCUT2D eigenvalue weighted by Crippen LogP contribution is -2.13. The third-order valence-corrected chi connectivity index (χ3v) is 6.29. The highest BCUT2D eigenvalue weighted by molar-refractivity contribution is 7.14. The maximum Gasteiger partial charge on any atom is 0.226 e. The number of carbonyl (C=O) groups is 2. The fourth-order valence-electron chi connectivity index (χ4n) is 3.17. The van der Waals surface area contributed by atoms with Gasteiger partial charge >= 0.3 is 0 Å². The fourth-order valence-corrected chi connectivity index (χ4v) is 4.72. The van der Waals surface area contributed by atoms with Gasteiger partial charge in [-0.25, -0.2) is 4.98 Å². The number of benzene rings is 1. The normalized spacial score (nSPS) is 11.1. The number of aromatic amines is 1. The second kappa shape index (κ2) is 7.69. The molecule has 2 N–H and O–H groups in total. The monoisotopic (exact) mass is 409 g/mol. The van der Waals surface area contributed by atoms with Crippen molar-refractivity contribution < 1.29 is 9.59 Å². The Morgan fingerprint density at radius 3 is 2.71 bits per heavy atom. The van der Waals surface area contributed by atoms with Crippen molar-refractivity contribution in [1.82, 2.24) is 9.97 Å². The molecule has 0 saturated carbocycles. The summed E-state index contributed by atoms with van der Waals surface area (Å²) in [5.41, 5.74) is 3.99. The highest BCUT2D eigenvalue weighted by atomic mass is 32.1. The Kier molecular flexibility index (Phi) is 5.11. The van der Waals surface area contributed by atoms with E-state index in [2.05, 4.69) is 21.4 Å². The average Bonchev–Trinajstić information content (AvgIpc) is 3.37. The molecule has 0 radical (unpaired) electrons. The lowest BCUT2D eigenvalue weighted by Gasteiger charge is -2.01. The van der Waals surface area contributed by atoms with Gasteiger partial charge in [-0.2, -0.15) is 0 Å². The predicted molar refractivity (Wildman–Crippen MR) is 115 cm³/mol. The molecule has 4 aromatic rings. The highest BCUT2D eigenvalue weighted by Crippen LogP contribution is 2.33. The number of thiazole rings is 1. The van der Waals surface area contributed by atoms with Crippen LogP contribution in [0.25, 0.3) is 22.2 Å². The van der Waals surface area contributed by atoms with Crippen molar-refractivity contribution in [3.8, 4) is 11.3 Å². The predicted octanol–water partition coefficient (Wildman–Crippen LogP) is 5.57. The molecule has 0 aliphatic rings. The molecule has 0 bridgehead atoms. The van der Waals surface area contributed by atoms with E-state index in [4.69, 9.17) is 0 Å². The number of amides is 1. The van der Waals surface area contributed by atoms with Crippen LogP contribution >= 0.6 is 22.7 Å². The number of Topliss-reactive ketones (excluding diaryl/α,β-unsaturated/α-hetero) is 1. The van der Waals surface area contributed by atoms with Gasteiger partial charge in [-0.15, -0.1) is 22.7 Å². The Hall–Kier alpha value is -2.77. The van der Waals surface area contributed by atoms with Gasteiger partial charge < -0.3 is 10.3 Å². The van der Waals surface area contributed by atoms with Crippen molar-refractivity contribution in [1.29, 1.82) is 0 Å². The number of fused-ring (bicyclic) bond motifs is 1. The third-order valence-electron chi connectivity index (χ3n) is 4.49. The van der Waals surface area contributed by atoms with Crippen LogP contribution in [0.5, 0.6) is 0 Å². The minimum absolute atomic E-state index is 0.00231. The molecule has 4 rings (SSSR count). The van der Waals surface area contributed by atoms with E-state index in [-0.39, 0.29) is 24.5 Å². The van der Waals surface area contributed by atoms with E-state index < -0.39 is 0 Å². The Balaban J connectivity index is 1.42. The number of nitrogens with one attached hydrogen (secondary N) is 2. The van der Waals surface area contributed by atoms with Crippen LogP contribution in [0.3, 0.4) is 0 Å². The van der Waals surface area contributed by atoms with E-state index in [0.29, 0.717) is 10.0 Å². The molecular weight excluding hydrogens is 390 g/mol. The van der Waals surface area contributed by atoms with Gasteiger partial charge in [0.25, 0.3) is 0 Å². The zero-order chi connectivity index (χ0) is 19.7. The summed E-state index contributed by atoms with van der Waals surface area (Å²) >= 11 is 2.85. The van der Waals surface area contributed by atoms with Crippen LogP contribution in [-0.4, -0.2) is 21.7 Å². The van der Waals surface area contributed by atoms with Gasteiger partial charge in [0.15, 0.2) is 10.9 Å². The summed E-state index contributed by atoms with van der Waals surface area (Å²) in [6.07, 6.45) is 0.350. The standard InChI is InChI=1S/C21H19N3O2S2/c1-12-7-9-18(28-12)17(25)8-10-19(26)24-21-23-16(11-27-21)20-13(2)22-15-6-4-3-5-14(15)20/h3-7,9,11,22H,8,10H2,1-2H3,(H,23,24,26). The minimum atomic E-state index is -0.196. The lowest BCUT2D eigenvalue weighted by molar-refractivity contribution is -0.116. The Morgan fingerprint density at radius 2 is 1.93 bits per heavy atom. The van der Waals surface area contributed by atoms with E-state index in [1.54, 1.807) is 0 Å². The van der Waals surface area contributed by atoms with Crippen molar-refractivity contribution in [2.75, 3.05) is 5.32 Å². The van der Waals surface area contributed by atoms with Gasteiger partial charge in [0.1, 0.15) is 0 Å². The van der Waals surface area contributed by atoms with Gasteiger partial charge in [-0.1, -0.05) is 18.2 Å². The maximum atomic E-state index is 12.2. The number of aryl methyl sites for hydroxylation is 2. The second-order valence-electron chi connectivity index (χ2n) is 6.59. The van der Waals surface area contributed by atoms with Crippen LogP contribution in [0, 0.1) is 13.8 Å². The summed E-state index contributed by atoms with van der Waals surface area (Å²) in [4.78, 5) is 34.1. The van der Waals surface area contributed by atoms with Gasteiger partial charge in [0.2, 0.25) is 5.91 Å². The van der Waals surface area contributed by atoms with Crippen LogP contribution in [0.15, 0.2) is 41.8 Å². The van der Waals surface area contributed by atoms with E-state index in [1.807, 2.05) is 49.6 Å². The van der Waals surface area contributed by atoms with E-state index in [0.717, 1.165) is 32.7 Å². The zero-order valence-corrected chi connectivity index (χ0v) is 17.2. The zero-order valence-electron chi connectivity index (χ0n) is 15.5. The molecule has 28 heavy (non-hydrogen) atoms. The van der Waals surface area contributed by atoms with Crippen LogP contribution in [0.2, 0.25) is 0 Å². The number of rotatable bonds is 6. The molecule has 142 valence electrons. The Morgan fingerprint density at radius 1 is 1.11 bits per heavy atom. The number of hydrogen-bond acceptors (Lipinski definition) is 5.